The number of alkyl halides is 3. The molecule has 0 N–H and O–H groups in total. The molecule has 1 amide bonds. The molecule has 148 valence electrons. The first-order chi connectivity index (χ1) is 13.8. The third-order valence-electron chi connectivity index (χ3n) is 4.02. The molecule has 0 atom stereocenters. The number of carbonyl (C=O) groups is 1. The van der Waals surface area contributed by atoms with Crippen LogP contribution in [0.25, 0.3) is 10.2 Å². The zero-order chi connectivity index (χ0) is 20.6. The lowest BCUT2D eigenvalue weighted by molar-refractivity contribution is -0.136. The van der Waals surface area contributed by atoms with Crippen molar-refractivity contribution in [1.82, 2.24) is 9.97 Å². The predicted molar refractivity (Wildman–Crippen MR) is 106 cm³/mol. The molecule has 0 radical (unpaired) electrons. The molecule has 0 saturated heterocycles. The van der Waals surface area contributed by atoms with Crippen molar-refractivity contribution in [3.05, 3.63) is 76.4 Å². The Morgan fingerprint density at radius 2 is 1.97 bits per heavy atom. The van der Waals surface area contributed by atoms with Crippen LogP contribution in [0.5, 0.6) is 0 Å². The van der Waals surface area contributed by atoms with Gasteiger partial charge in [-0.1, -0.05) is 23.5 Å². The van der Waals surface area contributed by atoms with Crippen LogP contribution in [-0.4, -0.2) is 15.9 Å². The van der Waals surface area contributed by atoms with Gasteiger partial charge in [-0.05, 0) is 52.3 Å². The lowest BCUT2D eigenvalue weighted by Gasteiger charge is -2.18. The van der Waals surface area contributed by atoms with Crippen LogP contribution in [0.15, 0.2) is 63.8 Å². The van der Waals surface area contributed by atoms with Crippen molar-refractivity contribution < 1.29 is 22.4 Å². The number of pyridine rings is 1. The largest absolute Gasteiger partial charge is 0.444 e. The number of nitrogens with zero attached hydrogens (tertiary/aromatic N) is 3. The van der Waals surface area contributed by atoms with Crippen LogP contribution < -0.4 is 4.90 Å². The van der Waals surface area contributed by atoms with E-state index in [1.807, 2.05) is 0 Å². The normalized spacial score (nSPS) is 11.7. The van der Waals surface area contributed by atoms with E-state index < -0.39 is 17.6 Å². The van der Waals surface area contributed by atoms with Crippen molar-refractivity contribution in [3.8, 4) is 0 Å². The van der Waals surface area contributed by atoms with Gasteiger partial charge in [-0.25, -0.2) is 4.98 Å². The topological polar surface area (TPSA) is 59.2 Å². The van der Waals surface area contributed by atoms with E-state index in [9.17, 15) is 18.0 Å². The van der Waals surface area contributed by atoms with Crippen molar-refractivity contribution in [1.29, 1.82) is 0 Å². The number of benzene rings is 1. The molecule has 5 nitrogen and oxygen atoms in total. The second kappa shape index (κ2) is 7.60. The van der Waals surface area contributed by atoms with Gasteiger partial charge in [0, 0.05) is 6.20 Å². The van der Waals surface area contributed by atoms with Gasteiger partial charge in [0.15, 0.2) is 15.6 Å². The van der Waals surface area contributed by atoms with Crippen molar-refractivity contribution >= 4 is 48.5 Å². The Kier molecular flexibility index (Phi) is 5.13. The van der Waals surface area contributed by atoms with E-state index in [0.717, 1.165) is 17.4 Å². The maximum absolute atomic E-state index is 13.4. The van der Waals surface area contributed by atoms with Crippen molar-refractivity contribution in [2.45, 2.75) is 12.7 Å². The number of halogens is 4. The Morgan fingerprint density at radius 3 is 2.62 bits per heavy atom. The standard InChI is InChI=1S/C19H11BrF3N3O2S/c20-15-8-7-13(28-15)17(27)26(10-11-4-1-2-9-24-11)18-25-16-12(19(21,22)23)5-3-6-14(16)29-18/h1-9H,10H2. The Hall–Kier alpha value is -2.72. The minimum atomic E-state index is -4.55. The summed E-state index contributed by atoms with van der Waals surface area (Å²) in [6.07, 6.45) is -2.98. The summed E-state index contributed by atoms with van der Waals surface area (Å²) >= 11 is 4.14. The summed E-state index contributed by atoms with van der Waals surface area (Å²) in [5, 5.41) is 0.125. The van der Waals surface area contributed by atoms with Gasteiger partial charge < -0.3 is 4.42 Å². The number of hydrogen-bond acceptors (Lipinski definition) is 5. The molecule has 0 spiro atoms. The smallest absolute Gasteiger partial charge is 0.418 e. The average Bonchev–Trinajstić information content (AvgIpc) is 3.31. The highest BCUT2D eigenvalue weighted by molar-refractivity contribution is 9.10. The quantitative estimate of drug-likeness (QED) is 0.363. The second-order valence-corrected chi connectivity index (χ2v) is 7.75. The molecule has 0 aliphatic carbocycles. The third kappa shape index (κ3) is 4.03. The van der Waals surface area contributed by atoms with Crippen LogP contribution in [0.2, 0.25) is 0 Å². The van der Waals surface area contributed by atoms with E-state index in [1.54, 1.807) is 36.5 Å². The molecule has 0 unspecified atom stereocenters. The fourth-order valence-corrected chi connectivity index (χ4v) is 4.02. The molecule has 0 bridgehead atoms. The Labute approximate surface area is 174 Å². The summed E-state index contributed by atoms with van der Waals surface area (Å²) in [6, 6.07) is 12.1. The second-order valence-electron chi connectivity index (χ2n) is 5.96. The summed E-state index contributed by atoms with van der Waals surface area (Å²) < 4.78 is 46.1. The zero-order valence-corrected chi connectivity index (χ0v) is 16.9. The summed E-state index contributed by atoms with van der Waals surface area (Å²) in [5.74, 6) is -0.503. The number of carbonyl (C=O) groups excluding carboxylic acids is 1. The minimum absolute atomic E-state index is 0.0269. The molecule has 1 aromatic carbocycles. The van der Waals surface area contributed by atoms with Gasteiger partial charge in [0.1, 0.15) is 0 Å². The first-order valence-electron chi connectivity index (χ1n) is 8.27. The fraction of sp³-hybridized carbons (Fsp3) is 0.105. The van der Waals surface area contributed by atoms with Crippen molar-refractivity contribution in [2.75, 3.05) is 4.90 Å². The van der Waals surface area contributed by atoms with Crippen molar-refractivity contribution in [2.24, 2.45) is 0 Å². The van der Waals surface area contributed by atoms with E-state index in [0.29, 0.717) is 15.1 Å². The van der Waals surface area contributed by atoms with Gasteiger partial charge in [-0.15, -0.1) is 0 Å². The monoisotopic (exact) mass is 481 g/mol. The molecular formula is C19H11BrF3N3O2S. The van der Waals surface area contributed by atoms with Crippen LogP contribution in [-0.2, 0) is 12.7 Å². The first-order valence-corrected chi connectivity index (χ1v) is 9.88. The Bertz CT molecular complexity index is 1170. The number of fused-ring (bicyclic) bond motifs is 1. The number of thiazole rings is 1. The van der Waals surface area contributed by atoms with Gasteiger partial charge in [0.25, 0.3) is 5.91 Å². The number of rotatable bonds is 4. The Balaban J connectivity index is 1.81. The molecule has 3 aromatic heterocycles. The SMILES string of the molecule is O=C(c1ccc(Br)o1)N(Cc1ccccn1)c1nc2c(C(F)(F)F)cccc2s1. The van der Waals surface area contributed by atoms with Crippen LogP contribution in [0.4, 0.5) is 18.3 Å². The van der Waals surface area contributed by atoms with Crippen LogP contribution >= 0.6 is 27.3 Å². The molecule has 0 aliphatic rings. The van der Waals surface area contributed by atoms with E-state index in [1.165, 1.54) is 17.0 Å². The molecule has 10 heteroatoms. The van der Waals surface area contributed by atoms with E-state index in [4.69, 9.17) is 4.42 Å². The molecule has 0 aliphatic heterocycles. The van der Waals surface area contributed by atoms with Gasteiger partial charge in [-0.2, -0.15) is 13.2 Å². The average molecular weight is 482 g/mol. The summed E-state index contributed by atoms with van der Waals surface area (Å²) in [6.45, 7) is 0.0269. The van der Waals surface area contributed by atoms with Gasteiger partial charge in [0.2, 0.25) is 0 Å². The summed E-state index contributed by atoms with van der Waals surface area (Å²) in [7, 11) is 0. The maximum atomic E-state index is 13.4. The molecule has 4 rings (SSSR count). The Morgan fingerprint density at radius 1 is 1.14 bits per heavy atom. The number of furan rings is 1. The lowest BCUT2D eigenvalue weighted by Crippen LogP contribution is -2.30. The lowest BCUT2D eigenvalue weighted by atomic mass is 10.2. The van der Waals surface area contributed by atoms with E-state index in [-0.39, 0.29) is 23.0 Å². The zero-order valence-electron chi connectivity index (χ0n) is 14.5. The number of para-hydroxylation sites is 1. The van der Waals surface area contributed by atoms with Gasteiger partial charge in [0.05, 0.1) is 28.0 Å². The molecule has 0 saturated carbocycles. The summed E-state index contributed by atoms with van der Waals surface area (Å²) in [4.78, 5) is 22.7. The predicted octanol–water partition coefficient (Wildman–Crippen LogP) is 5.91. The van der Waals surface area contributed by atoms with E-state index in [2.05, 4.69) is 25.9 Å². The van der Waals surface area contributed by atoms with Crippen LogP contribution in [0, 0.1) is 0 Å². The summed E-state index contributed by atoms with van der Waals surface area (Å²) in [5.41, 5.74) is -0.482. The number of amides is 1. The maximum Gasteiger partial charge on any atom is 0.418 e. The molecule has 3 heterocycles. The highest BCUT2D eigenvalue weighted by Crippen LogP contribution is 2.39. The van der Waals surface area contributed by atoms with Gasteiger partial charge in [-0.3, -0.25) is 14.7 Å². The van der Waals surface area contributed by atoms with Crippen LogP contribution in [0.1, 0.15) is 21.8 Å². The molecular weight excluding hydrogens is 471 g/mol. The first kappa shape index (κ1) is 19.6. The number of anilines is 1. The van der Waals surface area contributed by atoms with Crippen LogP contribution in [0.3, 0.4) is 0 Å². The highest BCUT2D eigenvalue weighted by atomic mass is 79.9. The van der Waals surface area contributed by atoms with Crippen molar-refractivity contribution in [3.63, 3.8) is 0 Å². The minimum Gasteiger partial charge on any atom is -0.444 e. The number of aromatic nitrogens is 2. The third-order valence-corrected chi connectivity index (χ3v) is 5.49. The van der Waals surface area contributed by atoms with E-state index >= 15 is 0 Å². The fourth-order valence-electron chi connectivity index (χ4n) is 2.72. The molecule has 0 fully saturated rings. The number of hydrogen-bond donors (Lipinski definition) is 0. The molecule has 4 aromatic rings. The highest BCUT2D eigenvalue weighted by Gasteiger charge is 2.34. The van der Waals surface area contributed by atoms with Gasteiger partial charge >= 0.3 is 6.18 Å². The molecule has 29 heavy (non-hydrogen) atoms.